The van der Waals surface area contributed by atoms with Gasteiger partial charge in [0.15, 0.2) is 0 Å². The number of aromatic nitrogens is 2. The van der Waals surface area contributed by atoms with Gasteiger partial charge in [-0.1, -0.05) is 11.6 Å². The summed E-state index contributed by atoms with van der Waals surface area (Å²) in [6.07, 6.45) is 3.87. The summed E-state index contributed by atoms with van der Waals surface area (Å²) >= 11 is 5.83. The van der Waals surface area contributed by atoms with Crippen LogP contribution in [0.15, 0.2) is 30.6 Å². The number of hydrogen-bond acceptors (Lipinski definition) is 3. The molecule has 3 rings (SSSR count). The molecule has 2 atom stereocenters. The molecular formula is C14H17Cl3FN3O. The Kier molecular flexibility index (Phi) is 7.09. The summed E-state index contributed by atoms with van der Waals surface area (Å²) in [5.74, 6) is 0.244. The summed E-state index contributed by atoms with van der Waals surface area (Å²) in [5.41, 5.74) is 0.743. The maximum absolute atomic E-state index is 13.3. The molecule has 122 valence electrons. The van der Waals surface area contributed by atoms with Gasteiger partial charge in [-0.25, -0.2) is 9.37 Å². The van der Waals surface area contributed by atoms with Crippen LogP contribution in [0.5, 0.6) is 0 Å². The number of piperidine rings is 1. The number of benzene rings is 1. The molecule has 0 bridgehead atoms. The maximum Gasteiger partial charge on any atom is 0.141 e. The Hall–Kier alpha value is -0.850. The molecule has 22 heavy (non-hydrogen) atoms. The van der Waals surface area contributed by atoms with Crippen molar-refractivity contribution in [3.8, 4) is 11.4 Å². The van der Waals surface area contributed by atoms with Crippen LogP contribution in [0, 0.1) is 5.82 Å². The Labute approximate surface area is 145 Å². The van der Waals surface area contributed by atoms with Crippen LogP contribution in [0.3, 0.4) is 0 Å². The molecule has 8 heteroatoms. The highest BCUT2D eigenvalue weighted by molar-refractivity contribution is 6.31. The van der Waals surface area contributed by atoms with Gasteiger partial charge in [-0.15, -0.1) is 24.8 Å². The summed E-state index contributed by atoms with van der Waals surface area (Å²) in [5, 5.41) is 13.3. The average molecular weight is 369 g/mol. The Morgan fingerprint density at radius 1 is 1.36 bits per heavy atom. The van der Waals surface area contributed by atoms with Crippen molar-refractivity contribution in [1.29, 1.82) is 0 Å². The number of nitrogens with one attached hydrogen (secondary N) is 1. The van der Waals surface area contributed by atoms with Gasteiger partial charge in [-0.3, -0.25) is 0 Å². The molecule has 2 aromatic rings. The highest BCUT2D eigenvalue weighted by Gasteiger charge is 2.26. The molecule has 0 unspecified atom stereocenters. The third-order valence-electron chi connectivity index (χ3n) is 3.62. The number of aliphatic hydroxyl groups is 1. The van der Waals surface area contributed by atoms with Crippen molar-refractivity contribution in [1.82, 2.24) is 14.9 Å². The van der Waals surface area contributed by atoms with Gasteiger partial charge in [0, 0.05) is 24.5 Å². The van der Waals surface area contributed by atoms with E-state index in [0.29, 0.717) is 12.4 Å². The first-order valence-corrected chi connectivity index (χ1v) is 6.91. The van der Waals surface area contributed by atoms with Crippen molar-refractivity contribution in [2.75, 3.05) is 13.1 Å². The fourth-order valence-electron chi connectivity index (χ4n) is 2.59. The zero-order chi connectivity index (χ0) is 14.1. The van der Waals surface area contributed by atoms with Crippen molar-refractivity contribution < 1.29 is 9.50 Å². The molecule has 0 spiro atoms. The van der Waals surface area contributed by atoms with Gasteiger partial charge in [-0.05, 0) is 31.2 Å². The molecule has 1 saturated heterocycles. The molecular weight excluding hydrogens is 352 g/mol. The molecule has 2 N–H and O–H groups in total. The number of rotatable bonds is 2. The van der Waals surface area contributed by atoms with Crippen LogP contribution in [0.1, 0.15) is 12.5 Å². The lowest BCUT2D eigenvalue weighted by atomic mass is 10.0. The largest absolute Gasteiger partial charge is 0.390 e. The first-order valence-electron chi connectivity index (χ1n) is 6.54. The molecule has 0 radical (unpaired) electrons. The second-order valence-electron chi connectivity index (χ2n) is 4.91. The summed E-state index contributed by atoms with van der Waals surface area (Å²) in [4.78, 5) is 4.32. The number of aliphatic hydroxyl groups excluding tert-OH is 1. The van der Waals surface area contributed by atoms with E-state index in [9.17, 15) is 9.50 Å². The van der Waals surface area contributed by atoms with Crippen LogP contribution in [0.2, 0.25) is 5.02 Å². The Balaban J connectivity index is 0.00000121. The van der Waals surface area contributed by atoms with Crippen molar-refractivity contribution in [2.45, 2.75) is 18.6 Å². The first kappa shape index (κ1) is 19.2. The average Bonchev–Trinajstić information content (AvgIpc) is 2.91. The van der Waals surface area contributed by atoms with E-state index in [-0.39, 0.29) is 35.9 Å². The van der Waals surface area contributed by atoms with Crippen LogP contribution in [-0.2, 0) is 0 Å². The van der Waals surface area contributed by atoms with Gasteiger partial charge in [0.1, 0.15) is 11.6 Å². The number of halogens is 4. The van der Waals surface area contributed by atoms with E-state index in [1.54, 1.807) is 18.3 Å². The quantitative estimate of drug-likeness (QED) is 0.856. The van der Waals surface area contributed by atoms with Crippen LogP contribution in [-0.4, -0.2) is 33.9 Å². The molecule has 0 amide bonds. The SMILES string of the molecule is Cl.Cl.O[C@H]1CNCC[C@@H]1n1ccnc1-c1ccc(F)c(Cl)c1. The van der Waals surface area contributed by atoms with E-state index in [4.69, 9.17) is 11.6 Å². The third-order valence-corrected chi connectivity index (χ3v) is 3.91. The van der Waals surface area contributed by atoms with E-state index in [0.717, 1.165) is 18.5 Å². The first-order chi connectivity index (χ1) is 9.66. The van der Waals surface area contributed by atoms with Crippen molar-refractivity contribution in [3.63, 3.8) is 0 Å². The minimum atomic E-state index is -0.465. The lowest BCUT2D eigenvalue weighted by molar-refractivity contribution is 0.0880. The minimum absolute atomic E-state index is 0. The lowest BCUT2D eigenvalue weighted by Crippen LogP contribution is -2.41. The van der Waals surface area contributed by atoms with Crippen LogP contribution < -0.4 is 5.32 Å². The molecule has 1 aromatic heterocycles. The summed E-state index contributed by atoms with van der Waals surface area (Å²) in [6.45, 7) is 1.41. The van der Waals surface area contributed by atoms with Crippen molar-refractivity contribution >= 4 is 36.4 Å². The molecule has 4 nitrogen and oxygen atoms in total. The van der Waals surface area contributed by atoms with E-state index in [2.05, 4.69) is 10.3 Å². The fraction of sp³-hybridized carbons (Fsp3) is 0.357. The van der Waals surface area contributed by atoms with Gasteiger partial charge in [0.25, 0.3) is 0 Å². The second kappa shape index (κ2) is 8.13. The summed E-state index contributed by atoms with van der Waals surface area (Å²) < 4.78 is 15.2. The number of imidazole rings is 1. The molecule has 1 fully saturated rings. The molecule has 2 heterocycles. The van der Waals surface area contributed by atoms with E-state index in [1.807, 2.05) is 10.8 Å². The highest BCUT2D eigenvalue weighted by atomic mass is 35.5. The molecule has 0 saturated carbocycles. The third kappa shape index (κ3) is 3.73. The topological polar surface area (TPSA) is 50.1 Å². The minimum Gasteiger partial charge on any atom is -0.390 e. The van der Waals surface area contributed by atoms with Gasteiger partial charge in [0.05, 0.1) is 17.2 Å². The number of nitrogens with zero attached hydrogens (tertiary/aromatic N) is 2. The van der Waals surface area contributed by atoms with E-state index in [1.165, 1.54) is 6.07 Å². The van der Waals surface area contributed by atoms with Gasteiger partial charge in [-0.2, -0.15) is 0 Å². The van der Waals surface area contributed by atoms with Gasteiger partial charge < -0.3 is 15.0 Å². The highest BCUT2D eigenvalue weighted by Crippen LogP contribution is 2.28. The lowest BCUT2D eigenvalue weighted by Gasteiger charge is -2.30. The Bertz CT molecular complexity index is 623. The van der Waals surface area contributed by atoms with Crippen molar-refractivity contribution in [2.24, 2.45) is 0 Å². The zero-order valence-electron chi connectivity index (χ0n) is 11.6. The summed E-state index contributed by atoms with van der Waals surface area (Å²) in [6, 6.07) is 4.50. The van der Waals surface area contributed by atoms with E-state index < -0.39 is 11.9 Å². The van der Waals surface area contributed by atoms with Crippen LogP contribution in [0.25, 0.3) is 11.4 Å². The Morgan fingerprint density at radius 2 is 2.14 bits per heavy atom. The summed E-state index contributed by atoms with van der Waals surface area (Å²) in [7, 11) is 0. The van der Waals surface area contributed by atoms with Gasteiger partial charge in [0.2, 0.25) is 0 Å². The maximum atomic E-state index is 13.3. The second-order valence-corrected chi connectivity index (χ2v) is 5.32. The van der Waals surface area contributed by atoms with Crippen LogP contribution >= 0.6 is 36.4 Å². The molecule has 1 aromatic carbocycles. The predicted octanol–water partition coefficient (Wildman–Crippen LogP) is 3.08. The zero-order valence-corrected chi connectivity index (χ0v) is 14.0. The smallest absolute Gasteiger partial charge is 0.141 e. The predicted molar refractivity (Wildman–Crippen MR) is 89.7 cm³/mol. The Morgan fingerprint density at radius 3 is 2.82 bits per heavy atom. The molecule has 0 aliphatic carbocycles. The monoisotopic (exact) mass is 367 g/mol. The molecule has 1 aliphatic rings. The normalized spacial score (nSPS) is 20.9. The van der Waals surface area contributed by atoms with Gasteiger partial charge >= 0.3 is 0 Å². The number of hydrogen-bond donors (Lipinski definition) is 2. The van der Waals surface area contributed by atoms with Crippen molar-refractivity contribution in [3.05, 3.63) is 41.4 Å². The van der Waals surface area contributed by atoms with Crippen LogP contribution in [0.4, 0.5) is 4.39 Å². The number of β-amino-alcohol motifs (C(OH)–C–C–N with tert-alkyl or cyclic N) is 1. The molecule has 1 aliphatic heterocycles. The van der Waals surface area contributed by atoms with E-state index >= 15 is 0 Å². The fourth-order valence-corrected chi connectivity index (χ4v) is 2.77. The standard InChI is InChI=1S/C14H15ClFN3O.2ClH/c15-10-7-9(1-2-11(10)16)14-18-5-6-19(14)12-3-4-17-8-13(12)20;;/h1-2,5-7,12-13,17,20H,3-4,8H2;2*1H/t12-,13-;;/m0../s1.